The predicted octanol–water partition coefficient (Wildman–Crippen LogP) is 1.90. The van der Waals surface area contributed by atoms with E-state index < -0.39 is 5.67 Å². The van der Waals surface area contributed by atoms with Crippen molar-refractivity contribution in [1.82, 2.24) is 0 Å². The summed E-state index contributed by atoms with van der Waals surface area (Å²) in [5.41, 5.74) is -0.995. The molecule has 2 rings (SSSR count). The highest BCUT2D eigenvalue weighted by molar-refractivity contribution is 4.97. The largest absolute Gasteiger partial charge is 0.393 e. The summed E-state index contributed by atoms with van der Waals surface area (Å²) in [6, 6.07) is 0. The highest BCUT2D eigenvalue weighted by Gasteiger charge is 2.46. The van der Waals surface area contributed by atoms with Gasteiger partial charge in [-0.05, 0) is 44.4 Å². The number of aliphatic hydroxyl groups excluding tert-OH is 1. The number of rotatable bonds is 0. The fourth-order valence-electron chi connectivity index (χ4n) is 2.78. The number of hydrogen-bond acceptors (Lipinski definition) is 1. The van der Waals surface area contributed by atoms with Crippen LogP contribution in [0.2, 0.25) is 0 Å². The minimum absolute atomic E-state index is 0.196. The van der Waals surface area contributed by atoms with Crippen LogP contribution in [0.3, 0.4) is 0 Å². The maximum absolute atomic E-state index is 13.5. The van der Waals surface area contributed by atoms with Gasteiger partial charge in [0.05, 0.1) is 6.10 Å². The van der Waals surface area contributed by atoms with Gasteiger partial charge in [0.25, 0.3) is 0 Å². The zero-order chi connectivity index (χ0) is 8.06. The van der Waals surface area contributed by atoms with Crippen LogP contribution >= 0.6 is 0 Å². The van der Waals surface area contributed by atoms with Crippen molar-refractivity contribution in [3.8, 4) is 0 Å². The van der Waals surface area contributed by atoms with Gasteiger partial charge in [-0.25, -0.2) is 4.39 Å². The molecule has 2 aliphatic carbocycles. The highest BCUT2D eigenvalue weighted by Crippen LogP contribution is 2.47. The molecule has 64 valence electrons. The predicted molar refractivity (Wildman–Crippen MR) is 41.0 cm³/mol. The summed E-state index contributed by atoms with van der Waals surface area (Å²) in [5, 5.41) is 9.57. The summed E-state index contributed by atoms with van der Waals surface area (Å²) < 4.78 is 13.5. The first-order valence-corrected chi connectivity index (χ1v) is 4.45. The van der Waals surface area contributed by atoms with Crippen LogP contribution in [0, 0.1) is 11.8 Å². The van der Waals surface area contributed by atoms with Crippen molar-refractivity contribution in [2.24, 2.45) is 11.8 Å². The van der Waals surface area contributed by atoms with Crippen LogP contribution < -0.4 is 0 Å². The lowest BCUT2D eigenvalue weighted by molar-refractivity contribution is -0.0131. The summed E-state index contributed by atoms with van der Waals surface area (Å²) in [6.45, 7) is 1.67. The third kappa shape index (κ3) is 1.18. The van der Waals surface area contributed by atoms with Gasteiger partial charge in [-0.3, -0.25) is 0 Å². The fourth-order valence-corrected chi connectivity index (χ4v) is 2.78. The lowest BCUT2D eigenvalue weighted by atomic mass is 9.78. The molecule has 11 heavy (non-hydrogen) atoms. The van der Waals surface area contributed by atoms with Crippen LogP contribution in [0.5, 0.6) is 0 Å². The normalized spacial score (nSPS) is 56.5. The van der Waals surface area contributed by atoms with Crippen molar-refractivity contribution in [3.05, 3.63) is 0 Å². The molecular formula is C9H15FO. The van der Waals surface area contributed by atoms with Gasteiger partial charge >= 0.3 is 0 Å². The summed E-state index contributed by atoms with van der Waals surface area (Å²) >= 11 is 0. The summed E-state index contributed by atoms with van der Waals surface area (Å²) in [4.78, 5) is 0. The van der Waals surface area contributed by atoms with E-state index in [0.29, 0.717) is 12.8 Å². The Labute approximate surface area is 66.6 Å². The van der Waals surface area contributed by atoms with Gasteiger partial charge in [0.2, 0.25) is 0 Å². The zero-order valence-electron chi connectivity index (χ0n) is 6.89. The Morgan fingerprint density at radius 1 is 1.27 bits per heavy atom. The Hall–Kier alpha value is -0.110. The first-order chi connectivity index (χ1) is 5.08. The van der Waals surface area contributed by atoms with Crippen LogP contribution in [-0.4, -0.2) is 16.9 Å². The number of halogens is 1. The minimum Gasteiger partial charge on any atom is -0.393 e. The lowest BCUT2D eigenvalue weighted by Crippen LogP contribution is -2.37. The third-order valence-electron chi connectivity index (χ3n) is 3.25. The van der Waals surface area contributed by atoms with Crippen molar-refractivity contribution in [3.63, 3.8) is 0 Å². The minimum atomic E-state index is -0.995. The quantitative estimate of drug-likeness (QED) is 0.571. The van der Waals surface area contributed by atoms with E-state index >= 15 is 0 Å². The maximum atomic E-state index is 13.5. The summed E-state index contributed by atoms with van der Waals surface area (Å²) in [6.07, 6.45) is 3.02. The molecule has 0 radical (unpaired) electrons. The SMILES string of the molecule is CC1(F)CC2CCC(C1)C2O. The Morgan fingerprint density at radius 3 is 2.18 bits per heavy atom. The van der Waals surface area contributed by atoms with E-state index in [1.807, 2.05) is 0 Å². The lowest BCUT2D eigenvalue weighted by Gasteiger charge is -2.34. The van der Waals surface area contributed by atoms with Crippen LogP contribution in [0.25, 0.3) is 0 Å². The average molecular weight is 158 g/mol. The molecule has 0 aromatic heterocycles. The van der Waals surface area contributed by atoms with Crippen LogP contribution in [-0.2, 0) is 0 Å². The van der Waals surface area contributed by atoms with Crippen molar-refractivity contribution in [2.75, 3.05) is 0 Å². The molecule has 2 fully saturated rings. The van der Waals surface area contributed by atoms with Gasteiger partial charge in [-0.2, -0.15) is 0 Å². The molecule has 2 atom stereocenters. The second kappa shape index (κ2) is 2.19. The molecule has 1 nitrogen and oxygen atoms in total. The number of fused-ring (bicyclic) bond motifs is 2. The monoisotopic (exact) mass is 158 g/mol. The molecule has 0 aromatic carbocycles. The van der Waals surface area contributed by atoms with Crippen molar-refractivity contribution in [2.45, 2.75) is 44.4 Å². The summed E-state index contributed by atoms with van der Waals surface area (Å²) in [5.74, 6) is 0.507. The second-order valence-electron chi connectivity index (χ2n) is 4.41. The first kappa shape index (κ1) is 7.53. The number of aliphatic hydroxyl groups is 1. The van der Waals surface area contributed by atoms with Gasteiger partial charge in [0, 0.05) is 0 Å². The fraction of sp³-hybridized carbons (Fsp3) is 1.00. The molecule has 0 aromatic rings. The van der Waals surface area contributed by atoms with Gasteiger partial charge in [0.15, 0.2) is 0 Å². The Balaban J connectivity index is 2.14. The molecular weight excluding hydrogens is 143 g/mol. The molecule has 1 N–H and O–H groups in total. The molecule has 2 saturated carbocycles. The average Bonchev–Trinajstić information content (AvgIpc) is 2.19. The topological polar surface area (TPSA) is 20.2 Å². The van der Waals surface area contributed by atoms with Crippen molar-refractivity contribution >= 4 is 0 Å². The molecule has 2 bridgehead atoms. The number of hydrogen-bond donors (Lipinski definition) is 1. The molecule has 0 aliphatic heterocycles. The highest BCUT2D eigenvalue weighted by atomic mass is 19.1. The third-order valence-corrected chi connectivity index (χ3v) is 3.25. The molecule has 2 unspecified atom stereocenters. The van der Waals surface area contributed by atoms with E-state index in [-0.39, 0.29) is 17.9 Å². The maximum Gasteiger partial charge on any atom is 0.109 e. The van der Waals surface area contributed by atoms with Gasteiger partial charge in [-0.1, -0.05) is 0 Å². The van der Waals surface area contributed by atoms with Crippen LogP contribution in [0.4, 0.5) is 4.39 Å². The second-order valence-corrected chi connectivity index (χ2v) is 4.41. The van der Waals surface area contributed by atoms with E-state index in [1.165, 1.54) is 0 Å². The molecule has 0 spiro atoms. The van der Waals surface area contributed by atoms with E-state index in [9.17, 15) is 9.50 Å². The summed E-state index contributed by atoms with van der Waals surface area (Å²) in [7, 11) is 0. The molecule has 0 heterocycles. The first-order valence-electron chi connectivity index (χ1n) is 4.45. The van der Waals surface area contributed by atoms with E-state index in [2.05, 4.69) is 0 Å². The molecule has 0 amide bonds. The van der Waals surface area contributed by atoms with Gasteiger partial charge < -0.3 is 5.11 Å². The Morgan fingerprint density at radius 2 is 1.73 bits per heavy atom. The smallest absolute Gasteiger partial charge is 0.109 e. The number of alkyl halides is 1. The Bertz CT molecular complexity index is 151. The standard InChI is InChI=1S/C9H15FO/c1-9(10)4-6-2-3-7(5-9)8(6)11/h6-8,11H,2-5H2,1H3. The zero-order valence-corrected chi connectivity index (χ0v) is 6.89. The molecule has 2 heteroatoms. The van der Waals surface area contributed by atoms with Crippen molar-refractivity contribution < 1.29 is 9.50 Å². The Kier molecular flexibility index (Phi) is 1.50. The van der Waals surface area contributed by atoms with Crippen molar-refractivity contribution in [1.29, 1.82) is 0 Å². The van der Waals surface area contributed by atoms with Gasteiger partial charge in [-0.15, -0.1) is 0 Å². The van der Waals surface area contributed by atoms with E-state index in [0.717, 1.165) is 12.8 Å². The van der Waals surface area contributed by atoms with Gasteiger partial charge in [0.1, 0.15) is 5.67 Å². The van der Waals surface area contributed by atoms with E-state index in [4.69, 9.17) is 0 Å². The van der Waals surface area contributed by atoms with Crippen LogP contribution in [0.15, 0.2) is 0 Å². The van der Waals surface area contributed by atoms with Crippen LogP contribution in [0.1, 0.15) is 32.6 Å². The molecule has 0 saturated heterocycles. The molecule has 2 aliphatic rings. The van der Waals surface area contributed by atoms with E-state index in [1.54, 1.807) is 6.92 Å².